The van der Waals surface area contributed by atoms with E-state index in [1.807, 2.05) is 23.5 Å². The number of para-hydroxylation sites is 4. The smallest absolute Gasteiger partial charge is 0.159 e. The summed E-state index contributed by atoms with van der Waals surface area (Å²) in [5.74, 6) is 0. The van der Waals surface area contributed by atoms with Crippen LogP contribution in [0.25, 0.3) is 81.1 Å². The fourth-order valence-electron chi connectivity index (χ4n) is 8.15. The second-order valence-electron chi connectivity index (χ2n) is 13.7. The first kappa shape index (κ1) is 30.7. The van der Waals surface area contributed by atoms with Crippen LogP contribution in [0, 0.1) is 0 Å². The Hall–Kier alpha value is -6.88. The van der Waals surface area contributed by atoms with Crippen LogP contribution in [0.2, 0.25) is 0 Å². The highest BCUT2D eigenvalue weighted by Crippen LogP contribution is 2.46. The van der Waals surface area contributed by atoms with Gasteiger partial charge in [-0.1, -0.05) is 140 Å². The summed E-state index contributed by atoms with van der Waals surface area (Å²) in [6, 6.07) is 69.4. The van der Waals surface area contributed by atoms with Crippen LogP contribution in [0.3, 0.4) is 0 Å². The van der Waals surface area contributed by atoms with Gasteiger partial charge in [-0.3, -0.25) is 0 Å². The molecule has 0 bridgehead atoms. The molecule has 3 heterocycles. The van der Waals surface area contributed by atoms with E-state index in [1.165, 1.54) is 47.9 Å². The van der Waals surface area contributed by atoms with Crippen LogP contribution in [-0.4, -0.2) is 4.57 Å². The zero-order valence-corrected chi connectivity index (χ0v) is 30.0. The van der Waals surface area contributed by atoms with Gasteiger partial charge < -0.3 is 13.9 Å². The molecular formula is C50H32N2OS. The summed E-state index contributed by atoms with van der Waals surface area (Å²) in [6.07, 6.45) is 0. The molecule has 8 aromatic carbocycles. The molecular weight excluding hydrogens is 677 g/mol. The average molecular weight is 709 g/mol. The third-order valence-electron chi connectivity index (χ3n) is 10.6. The Kier molecular flexibility index (Phi) is 7.04. The predicted octanol–water partition coefficient (Wildman–Crippen LogP) is 14.7. The molecule has 0 aliphatic rings. The zero-order valence-electron chi connectivity index (χ0n) is 29.2. The minimum Gasteiger partial charge on any atom is -0.454 e. The minimum absolute atomic E-state index is 0.868. The van der Waals surface area contributed by atoms with E-state index in [0.717, 1.165) is 50.3 Å². The summed E-state index contributed by atoms with van der Waals surface area (Å²) in [5.41, 5.74) is 12.0. The molecule has 11 rings (SSSR count). The van der Waals surface area contributed by atoms with Crippen molar-refractivity contribution in [2.45, 2.75) is 0 Å². The Morgan fingerprint density at radius 3 is 1.81 bits per heavy atom. The van der Waals surface area contributed by atoms with Gasteiger partial charge in [0.15, 0.2) is 5.58 Å². The molecule has 0 radical (unpaired) electrons. The van der Waals surface area contributed by atoms with Crippen molar-refractivity contribution in [2.24, 2.45) is 0 Å². The van der Waals surface area contributed by atoms with Crippen molar-refractivity contribution in [3.8, 4) is 27.9 Å². The molecule has 0 unspecified atom stereocenters. The number of rotatable bonds is 6. The molecule has 54 heavy (non-hydrogen) atoms. The Labute approximate surface area is 316 Å². The standard InChI is InChI=1S/C50H32N2OS/c1-3-13-33(14-4-1)34-25-29-37(30-26-34)51(44-22-12-20-41-40-17-7-9-23-45(40)53-49(41)44)38-31-27-35(28-32-38)39-19-11-21-43-47-42-18-8-10-24-46(42)54-50(47)52(48(39)43)36-15-5-2-6-16-36/h1-32H. The van der Waals surface area contributed by atoms with Crippen LogP contribution in [0.5, 0.6) is 0 Å². The van der Waals surface area contributed by atoms with Crippen LogP contribution >= 0.6 is 11.3 Å². The average Bonchev–Trinajstić information content (AvgIpc) is 3.91. The number of aromatic nitrogens is 1. The maximum Gasteiger partial charge on any atom is 0.159 e. The van der Waals surface area contributed by atoms with E-state index in [0.29, 0.717) is 0 Å². The Morgan fingerprint density at radius 2 is 1.04 bits per heavy atom. The van der Waals surface area contributed by atoms with Crippen molar-refractivity contribution in [3.05, 3.63) is 194 Å². The van der Waals surface area contributed by atoms with Crippen molar-refractivity contribution in [1.82, 2.24) is 4.57 Å². The van der Waals surface area contributed by atoms with E-state index in [1.54, 1.807) is 0 Å². The molecule has 0 saturated carbocycles. The Bertz CT molecular complexity index is 3140. The summed E-state index contributed by atoms with van der Waals surface area (Å²) < 4.78 is 10.4. The number of nitrogens with zero attached hydrogens (tertiary/aromatic N) is 2. The van der Waals surface area contributed by atoms with Crippen molar-refractivity contribution >= 4 is 81.5 Å². The van der Waals surface area contributed by atoms with Crippen molar-refractivity contribution in [3.63, 3.8) is 0 Å². The number of thiophene rings is 1. The second-order valence-corrected chi connectivity index (χ2v) is 14.7. The number of hydrogen-bond acceptors (Lipinski definition) is 3. The highest BCUT2D eigenvalue weighted by molar-refractivity contribution is 7.25. The third-order valence-corrected chi connectivity index (χ3v) is 11.8. The summed E-state index contributed by atoms with van der Waals surface area (Å²) in [4.78, 5) is 3.59. The number of furan rings is 1. The molecule has 11 aromatic rings. The van der Waals surface area contributed by atoms with Gasteiger partial charge in [0.25, 0.3) is 0 Å². The maximum atomic E-state index is 6.61. The van der Waals surface area contributed by atoms with Crippen LogP contribution < -0.4 is 4.90 Å². The van der Waals surface area contributed by atoms with Crippen LogP contribution in [-0.2, 0) is 0 Å². The molecule has 0 amide bonds. The molecule has 0 aliphatic heterocycles. The number of fused-ring (bicyclic) bond motifs is 8. The number of anilines is 3. The molecule has 0 spiro atoms. The van der Waals surface area contributed by atoms with E-state index in [-0.39, 0.29) is 0 Å². The highest BCUT2D eigenvalue weighted by atomic mass is 32.1. The highest BCUT2D eigenvalue weighted by Gasteiger charge is 2.22. The molecule has 0 fully saturated rings. The molecule has 3 aromatic heterocycles. The molecule has 0 atom stereocenters. The predicted molar refractivity (Wildman–Crippen MR) is 229 cm³/mol. The molecule has 4 heteroatoms. The van der Waals surface area contributed by atoms with Crippen LogP contribution in [0.4, 0.5) is 17.1 Å². The van der Waals surface area contributed by atoms with Crippen LogP contribution in [0.1, 0.15) is 0 Å². The summed E-state index contributed by atoms with van der Waals surface area (Å²) >= 11 is 1.86. The second kappa shape index (κ2) is 12.4. The first-order valence-corrected chi connectivity index (χ1v) is 19.1. The molecule has 0 saturated heterocycles. The molecule has 3 nitrogen and oxygen atoms in total. The SMILES string of the molecule is c1ccc(-c2ccc(N(c3ccc(-c4cccc5c6c7ccccc7sc6n(-c6ccccc6)c45)cc3)c3cccc4c3oc3ccccc34)cc2)cc1. The maximum absolute atomic E-state index is 6.61. The minimum atomic E-state index is 0.868. The van der Waals surface area contributed by atoms with Gasteiger partial charge in [-0.25, -0.2) is 0 Å². The van der Waals surface area contributed by atoms with Gasteiger partial charge in [0, 0.05) is 54.3 Å². The normalized spacial score (nSPS) is 11.7. The Balaban J connectivity index is 1.09. The van der Waals surface area contributed by atoms with Crippen molar-refractivity contribution in [2.75, 3.05) is 4.90 Å². The molecule has 0 aliphatic carbocycles. The topological polar surface area (TPSA) is 21.3 Å². The van der Waals surface area contributed by atoms with Gasteiger partial charge in [-0.15, -0.1) is 11.3 Å². The first-order valence-electron chi connectivity index (χ1n) is 18.3. The fraction of sp³-hybridized carbons (Fsp3) is 0. The van der Waals surface area contributed by atoms with Gasteiger partial charge in [0.05, 0.1) is 11.2 Å². The summed E-state index contributed by atoms with van der Waals surface area (Å²) in [7, 11) is 0. The van der Waals surface area contributed by atoms with E-state index >= 15 is 0 Å². The van der Waals surface area contributed by atoms with Crippen LogP contribution in [0.15, 0.2) is 199 Å². The van der Waals surface area contributed by atoms with Gasteiger partial charge >= 0.3 is 0 Å². The lowest BCUT2D eigenvalue weighted by Crippen LogP contribution is -2.10. The Morgan fingerprint density at radius 1 is 0.444 bits per heavy atom. The molecule has 0 N–H and O–H groups in total. The lowest BCUT2D eigenvalue weighted by Gasteiger charge is -2.26. The van der Waals surface area contributed by atoms with E-state index in [4.69, 9.17) is 4.42 Å². The van der Waals surface area contributed by atoms with Crippen molar-refractivity contribution in [1.29, 1.82) is 0 Å². The van der Waals surface area contributed by atoms with Gasteiger partial charge in [0.1, 0.15) is 10.4 Å². The van der Waals surface area contributed by atoms with Crippen molar-refractivity contribution < 1.29 is 4.42 Å². The lowest BCUT2D eigenvalue weighted by atomic mass is 10.0. The molecule has 254 valence electrons. The largest absolute Gasteiger partial charge is 0.454 e. The quantitative estimate of drug-likeness (QED) is 0.171. The van der Waals surface area contributed by atoms with E-state index in [9.17, 15) is 0 Å². The van der Waals surface area contributed by atoms with E-state index < -0.39 is 0 Å². The van der Waals surface area contributed by atoms with Gasteiger partial charge in [0.2, 0.25) is 0 Å². The monoisotopic (exact) mass is 708 g/mol. The summed E-state index contributed by atoms with van der Waals surface area (Å²) in [5, 5.41) is 6.11. The third kappa shape index (κ3) is 4.81. The summed E-state index contributed by atoms with van der Waals surface area (Å²) in [6.45, 7) is 0. The van der Waals surface area contributed by atoms with E-state index in [2.05, 4.69) is 191 Å². The number of hydrogen-bond donors (Lipinski definition) is 0. The van der Waals surface area contributed by atoms with Gasteiger partial charge in [-0.05, 0) is 71.3 Å². The zero-order chi connectivity index (χ0) is 35.6. The number of benzene rings is 8. The fourth-order valence-corrected chi connectivity index (χ4v) is 9.40. The lowest BCUT2D eigenvalue weighted by molar-refractivity contribution is 0.669. The van der Waals surface area contributed by atoms with Gasteiger partial charge in [-0.2, -0.15) is 0 Å². The first-order chi connectivity index (χ1) is 26.8.